The Balaban J connectivity index is 2.17. The van der Waals surface area contributed by atoms with Crippen LogP contribution in [0.2, 0.25) is 0 Å². The SMILES string of the molecule is C=C[C@@H]1C=C[C@@]23C=CCN2C(=O)C(C)=C3C1. The summed E-state index contributed by atoms with van der Waals surface area (Å²) in [5.41, 5.74) is 1.97. The van der Waals surface area contributed by atoms with Crippen molar-refractivity contribution in [3.8, 4) is 0 Å². The van der Waals surface area contributed by atoms with E-state index in [9.17, 15) is 4.79 Å². The van der Waals surface area contributed by atoms with E-state index in [2.05, 4.69) is 30.9 Å². The number of amides is 1. The van der Waals surface area contributed by atoms with Crippen LogP contribution in [0, 0.1) is 5.92 Å². The Morgan fingerprint density at radius 3 is 3.12 bits per heavy atom. The Kier molecular flexibility index (Phi) is 1.79. The van der Waals surface area contributed by atoms with Crippen LogP contribution in [0.1, 0.15) is 13.3 Å². The smallest absolute Gasteiger partial charge is 0.251 e. The molecular formula is C14H15NO. The van der Waals surface area contributed by atoms with Gasteiger partial charge in [-0.3, -0.25) is 4.79 Å². The molecule has 0 fully saturated rings. The first-order chi connectivity index (χ1) is 7.69. The summed E-state index contributed by atoms with van der Waals surface area (Å²) in [7, 11) is 0. The van der Waals surface area contributed by atoms with Gasteiger partial charge in [0.1, 0.15) is 5.54 Å². The van der Waals surface area contributed by atoms with Crippen molar-refractivity contribution in [2.75, 3.05) is 6.54 Å². The molecular weight excluding hydrogens is 198 g/mol. The number of rotatable bonds is 1. The first-order valence-corrected chi connectivity index (χ1v) is 5.71. The minimum Gasteiger partial charge on any atom is -0.319 e. The summed E-state index contributed by atoms with van der Waals surface area (Å²) < 4.78 is 0. The highest BCUT2D eigenvalue weighted by molar-refractivity contribution is 6.00. The van der Waals surface area contributed by atoms with E-state index < -0.39 is 0 Å². The van der Waals surface area contributed by atoms with Crippen LogP contribution in [0.15, 0.2) is 48.1 Å². The lowest BCUT2D eigenvalue weighted by Crippen LogP contribution is -2.43. The van der Waals surface area contributed by atoms with Crippen LogP contribution in [-0.2, 0) is 4.79 Å². The minimum absolute atomic E-state index is 0.189. The van der Waals surface area contributed by atoms with E-state index in [1.54, 1.807) is 0 Å². The Morgan fingerprint density at radius 1 is 1.56 bits per heavy atom. The monoisotopic (exact) mass is 213 g/mol. The lowest BCUT2D eigenvalue weighted by atomic mass is 9.78. The zero-order chi connectivity index (χ0) is 11.3. The summed E-state index contributed by atoms with van der Waals surface area (Å²) in [6.07, 6.45) is 11.5. The van der Waals surface area contributed by atoms with E-state index >= 15 is 0 Å². The highest BCUT2D eigenvalue weighted by Crippen LogP contribution is 2.46. The maximum absolute atomic E-state index is 12.1. The van der Waals surface area contributed by atoms with Crippen molar-refractivity contribution in [1.29, 1.82) is 0 Å². The van der Waals surface area contributed by atoms with Gasteiger partial charge in [0.25, 0.3) is 5.91 Å². The molecule has 2 atom stereocenters. The summed E-state index contributed by atoms with van der Waals surface area (Å²) in [5, 5.41) is 0. The summed E-state index contributed by atoms with van der Waals surface area (Å²) in [5.74, 6) is 0.562. The molecule has 0 saturated heterocycles. The van der Waals surface area contributed by atoms with E-state index in [1.165, 1.54) is 5.57 Å². The van der Waals surface area contributed by atoms with Crippen molar-refractivity contribution in [2.45, 2.75) is 18.9 Å². The predicted molar refractivity (Wildman–Crippen MR) is 63.7 cm³/mol. The van der Waals surface area contributed by atoms with Crippen molar-refractivity contribution < 1.29 is 4.79 Å². The normalized spacial score (nSPS) is 35.7. The number of carbonyl (C=O) groups excluding carboxylic acids is 1. The molecule has 2 nitrogen and oxygen atoms in total. The molecule has 3 rings (SSSR count). The van der Waals surface area contributed by atoms with Crippen molar-refractivity contribution in [3.05, 3.63) is 48.1 Å². The molecule has 0 aromatic carbocycles. The van der Waals surface area contributed by atoms with Crippen molar-refractivity contribution in [3.63, 3.8) is 0 Å². The number of carbonyl (C=O) groups is 1. The van der Waals surface area contributed by atoms with Gasteiger partial charge in [0.05, 0.1) is 0 Å². The zero-order valence-corrected chi connectivity index (χ0v) is 9.44. The third-order valence-corrected chi connectivity index (χ3v) is 3.95. The van der Waals surface area contributed by atoms with E-state index in [-0.39, 0.29) is 11.4 Å². The third-order valence-electron chi connectivity index (χ3n) is 3.95. The lowest BCUT2D eigenvalue weighted by molar-refractivity contribution is -0.126. The van der Waals surface area contributed by atoms with Gasteiger partial charge in [-0.2, -0.15) is 0 Å². The molecule has 0 bridgehead atoms. The second-order valence-electron chi connectivity index (χ2n) is 4.71. The fourth-order valence-corrected chi connectivity index (χ4v) is 3.02. The lowest BCUT2D eigenvalue weighted by Gasteiger charge is -2.35. The molecule has 1 spiro atoms. The van der Waals surface area contributed by atoms with Crippen LogP contribution in [0.5, 0.6) is 0 Å². The van der Waals surface area contributed by atoms with Gasteiger partial charge < -0.3 is 4.90 Å². The van der Waals surface area contributed by atoms with Crippen molar-refractivity contribution in [2.24, 2.45) is 5.92 Å². The number of allylic oxidation sites excluding steroid dienone is 2. The number of hydrogen-bond acceptors (Lipinski definition) is 1. The summed E-state index contributed by atoms with van der Waals surface area (Å²) in [4.78, 5) is 14.1. The van der Waals surface area contributed by atoms with Crippen LogP contribution in [0.25, 0.3) is 0 Å². The quantitative estimate of drug-likeness (QED) is 0.612. The van der Waals surface area contributed by atoms with E-state index in [0.717, 1.165) is 18.5 Å². The van der Waals surface area contributed by atoms with Crippen molar-refractivity contribution in [1.82, 2.24) is 4.90 Å². The van der Waals surface area contributed by atoms with Gasteiger partial charge >= 0.3 is 0 Å². The van der Waals surface area contributed by atoms with Gasteiger partial charge in [0, 0.05) is 12.1 Å². The highest BCUT2D eigenvalue weighted by Gasteiger charge is 2.49. The fourth-order valence-electron chi connectivity index (χ4n) is 3.02. The van der Waals surface area contributed by atoms with Crippen LogP contribution >= 0.6 is 0 Å². The average molecular weight is 213 g/mol. The standard InChI is InChI=1S/C14H15NO/c1-3-11-5-7-14-6-4-8-15(14)13(16)10(2)12(14)9-11/h3-7,11H,1,8-9H2,2H3/t11-,14-/m1/s1. The molecule has 2 heteroatoms. The summed E-state index contributed by atoms with van der Waals surface area (Å²) >= 11 is 0. The average Bonchev–Trinajstić information content (AvgIpc) is 2.79. The van der Waals surface area contributed by atoms with Crippen molar-refractivity contribution >= 4 is 5.91 Å². The van der Waals surface area contributed by atoms with Gasteiger partial charge in [-0.1, -0.05) is 30.4 Å². The molecule has 3 aliphatic rings. The van der Waals surface area contributed by atoms with Gasteiger partial charge in [0.2, 0.25) is 0 Å². The molecule has 0 saturated carbocycles. The zero-order valence-electron chi connectivity index (χ0n) is 9.44. The predicted octanol–water partition coefficient (Wildman–Crippen LogP) is 2.22. The molecule has 0 N–H and O–H groups in total. The maximum Gasteiger partial charge on any atom is 0.251 e. The van der Waals surface area contributed by atoms with Gasteiger partial charge in [0.15, 0.2) is 0 Å². The Morgan fingerprint density at radius 2 is 2.38 bits per heavy atom. The Bertz CT molecular complexity index is 469. The van der Waals surface area contributed by atoms with Crippen LogP contribution in [0.3, 0.4) is 0 Å². The van der Waals surface area contributed by atoms with E-state index in [4.69, 9.17) is 0 Å². The first kappa shape index (κ1) is 9.64. The maximum atomic E-state index is 12.1. The summed E-state index contributed by atoms with van der Waals surface area (Å²) in [6.45, 7) is 6.52. The van der Waals surface area contributed by atoms with Gasteiger partial charge in [-0.05, 0) is 24.8 Å². The molecule has 0 aromatic heterocycles. The fraction of sp³-hybridized carbons (Fsp3) is 0.357. The van der Waals surface area contributed by atoms with Crippen LogP contribution < -0.4 is 0 Å². The molecule has 0 aromatic rings. The largest absolute Gasteiger partial charge is 0.319 e. The molecule has 2 aliphatic heterocycles. The number of nitrogens with zero attached hydrogens (tertiary/aromatic N) is 1. The van der Waals surface area contributed by atoms with Crippen LogP contribution in [-0.4, -0.2) is 22.9 Å². The van der Waals surface area contributed by atoms with E-state index in [0.29, 0.717) is 5.92 Å². The highest BCUT2D eigenvalue weighted by atomic mass is 16.2. The molecule has 2 heterocycles. The molecule has 1 amide bonds. The van der Waals surface area contributed by atoms with Gasteiger partial charge in [-0.25, -0.2) is 0 Å². The molecule has 0 radical (unpaired) electrons. The molecule has 16 heavy (non-hydrogen) atoms. The Hall–Kier alpha value is -1.57. The summed E-state index contributed by atoms with van der Waals surface area (Å²) in [6, 6.07) is 0. The second kappa shape index (κ2) is 2.97. The molecule has 82 valence electrons. The van der Waals surface area contributed by atoms with Crippen LogP contribution in [0.4, 0.5) is 0 Å². The van der Waals surface area contributed by atoms with E-state index in [1.807, 2.05) is 17.9 Å². The van der Waals surface area contributed by atoms with Gasteiger partial charge in [-0.15, -0.1) is 6.58 Å². The second-order valence-corrected chi connectivity index (χ2v) is 4.71. The topological polar surface area (TPSA) is 20.3 Å². The molecule has 1 aliphatic carbocycles. The third kappa shape index (κ3) is 0.946. The number of hydrogen-bond donors (Lipinski definition) is 0. The Labute approximate surface area is 95.6 Å². The minimum atomic E-state index is -0.222. The first-order valence-electron chi connectivity index (χ1n) is 5.71. The molecule has 0 unspecified atom stereocenters.